The summed E-state index contributed by atoms with van der Waals surface area (Å²) >= 11 is 0. The molecule has 0 amide bonds. The van der Waals surface area contributed by atoms with E-state index in [9.17, 15) is 5.11 Å². The van der Waals surface area contributed by atoms with Crippen LogP contribution in [0.4, 0.5) is 0 Å². The molecule has 0 atom stereocenters. The summed E-state index contributed by atoms with van der Waals surface area (Å²) in [4.78, 5) is 0. The van der Waals surface area contributed by atoms with Crippen molar-refractivity contribution in [1.82, 2.24) is 5.32 Å². The van der Waals surface area contributed by atoms with Crippen LogP contribution in [0.3, 0.4) is 0 Å². The van der Waals surface area contributed by atoms with Crippen molar-refractivity contribution in [1.29, 1.82) is 0 Å². The Morgan fingerprint density at radius 1 is 1.14 bits per heavy atom. The molecular formula is C17H29NO3. The number of benzene rings is 1. The normalized spacial score (nSPS) is 11.5. The molecule has 1 aromatic rings. The number of unbranched alkanes of at least 4 members (excludes halogenated alkanes) is 1. The minimum atomic E-state index is -0.702. The predicted octanol–water partition coefficient (Wildman–Crippen LogP) is 3.12. The average molecular weight is 295 g/mol. The van der Waals surface area contributed by atoms with E-state index in [0.717, 1.165) is 29.9 Å². The molecule has 0 bridgehead atoms. The van der Waals surface area contributed by atoms with Gasteiger partial charge in [-0.15, -0.1) is 0 Å². The van der Waals surface area contributed by atoms with Crippen LogP contribution in [0.2, 0.25) is 0 Å². The lowest BCUT2D eigenvalue weighted by Crippen LogP contribution is -2.34. The van der Waals surface area contributed by atoms with E-state index >= 15 is 0 Å². The molecule has 0 aliphatic heterocycles. The first-order valence-electron chi connectivity index (χ1n) is 7.78. The fraction of sp³-hybridized carbons (Fsp3) is 0.647. The summed E-state index contributed by atoms with van der Waals surface area (Å²) in [5, 5.41) is 12.9. The molecule has 0 aromatic heterocycles. The van der Waals surface area contributed by atoms with Crippen molar-refractivity contribution >= 4 is 0 Å². The first-order chi connectivity index (χ1) is 9.96. The molecule has 0 saturated carbocycles. The summed E-state index contributed by atoms with van der Waals surface area (Å²) in [5.74, 6) is 1.59. The van der Waals surface area contributed by atoms with Gasteiger partial charge in [-0.1, -0.05) is 19.4 Å². The van der Waals surface area contributed by atoms with E-state index in [1.165, 1.54) is 0 Å². The molecule has 0 saturated heterocycles. The minimum absolute atomic E-state index is 0.547. The highest BCUT2D eigenvalue weighted by atomic mass is 16.5. The van der Waals surface area contributed by atoms with Crippen molar-refractivity contribution in [2.75, 3.05) is 19.8 Å². The highest BCUT2D eigenvalue weighted by molar-refractivity contribution is 5.43. The average Bonchev–Trinajstić information content (AvgIpc) is 2.40. The third kappa shape index (κ3) is 7.34. The number of rotatable bonds is 10. The number of nitrogens with one attached hydrogen (secondary N) is 1. The van der Waals surface area contributed by atoms with Crippen molar-refractivity contribution in [2.24, 2.45) is 0 Å². The highest BCUT2D eigenvalue weighted by Gasteiger charge is 2.12. The van der Waals surface area contributed by atoms with Gasteiger partial charge in [0.2, 0.25) is 0 Å². The molecule has 0 aliphatic carbocycles. The van der Waals surface area contributed by atoms with Crippen LogP contribution in [-0.2, 0) is 6.54 Å². The molecule has 120 valence electrons. The van der Waals surface area contributed by atoms with Crippen molar-refractivity contribution < 1.29 is 14.6 Å². The molecular weight excluding hydrogens is 266 g/mol. The van der Waals surface area contributed by atoms with Crippen molar-refractivity contribution in [2.45, 2.75) is 52.7 Å². The van der Waals surface area contributed by atoms with E-state index in [1.807, 2.05) is 25.1 Å². The second kappa shape index (κ2) is 8.90. The van der Waals surface area contributed by atoms with Gasteiger partial charge in [-0.25, -0.2) is 0 Å². The fourth-order valence-electron chi connectivity index (χ4n) is 1.89. The van der Waals surface area contributed by atoms with Crippen LogP contribution in [0, 0.1) is 0 Å². The van der Waals surface area contributed by atoms with Gasteiger partial charge in [-0.2, -0.15) is 0 Å². The molecule has 1 rings (SSSR count). The van der Waals surface area contributed by atoms with Gasteiger partial charge in [0.05, 0.1) is 18.8 Å². The van der Waals surface area contributed by atoms with Gasteiger partial charge in [0.1, 0.15) is 0 Å². The number of hydrogen-bond acceptors (Lipinski definition) is 4. The lowest BCUT2D eigenvalue weighted by atomic mass is 10.1. The summed E-state index contributed by atoms with van der Waals surface area (Å²) in [7, 11) is 0. The third-order valence-corrected chi connectivity index (χ3v) is 2.95. The summed E-state index contributed by atoms with van der Waals surface area (Å²) < 4.78 is 11.4. The van der Waals surface area contributed by atoms with Crippen LogP contribution in [0.1, 0.15) is 46.1 Å². The molecule has 2 N–H and O–H groups in total. The number of ether oxygens (including phenoxy) is 2. The highest BCUT2D eigenvalue weighted by Crippen LogP contribution is 2.28. The molecule has 21 heavy (non-hydrogen) atoms. The molecule has 0 heterocycles. The zero-order chi connectivity index (χ0) is 15.7. The number of aliphatic hydroxyl groups is 1. The lowest BCUT2D eigenvalue weighted by molar-refractivity contribution is 0.0795. The van der Waals surface area contributed by atoms with Gasteiger partial charge < -0.3 is 19.9 Å². The van der Waals surface area contributed by atoms with Gasteiger partial charge >= 0.3 is 0 Å². The Labute approximate surface area is 128 Å². The first-order valence-corrected chi connectivity index (χ1v) is 7.78. The Morgan fingerprint density at radius 3 is 2.52 bits per heavy atom. The first kappa shape index (κ1) is 17.8. The Kier molecular flexibility index (Phi) is 7.54. The van der Waals surface area contributed by atoms with E-state index in [1.54, 1.807) is 13.8 Å². The fourth-order valence-corrected chi connectivity index (χ4v) is 1.89. The van der Waals surface area contributed by atoms with Crippen LogP contribution in [0.5, 0.6) is 11.5 Å². The molecule has 0 unspecified atom stereocenters. The molecule has 4 heteroatoms. The maximum atomic E-state index is 9.69. The van der Waals surface area contributed by atoms with Gasteiger partial charge in [0.15, 0.2) is 11.5 Å². The smallest absolute Gasteiger partial charge is 0.161 e. The molecule has 0 aliphatic rings. The van der Waals surface area contributed by atoms with Crippen molar-refractivity contribution in [3.63, 3.8) is 0 Å². The van der Waals surface area contributed by atoms with Gasteiger partial charge in [0.25, 0.3) is 0 Å². The van der Waals surface area contributed by atoms with E-state index in [2.05, 4.69) is 12.2 Å². The van der Waals surface area contributed by atoms with E-state index in [4.69, 9.17) is 9.47 Å². The molecule has 0 spiro atoms. The third-order valence-electron chi connectivity index (χ3n) is 2.95. The van der Waals surface area contributed by atoms with E-state index in [0.29, 0.717) is 26.3 Å². The van der Waals surface area contributed by atoms with Gasteiger partial charge in [-0.05, 0) is 44.9 Å². The zero-order valence-electron chi connectivity index (χ0n) is 13.7. The maximum absolute atomic E-state index is 9.69. The minimum Gasteiger partial charge on any atom is -0.490 e. The Balaban J connectivity index is 2.63. The standard InChI is InChI=1S/C17H29NO3/c1-5-7-10-21-15-9-8-14(11-16(15)20-6-2)12-18-13-17(3,4)19/h8-9,11,18-19H,5-7,10,12-13H2,1-4H3. The summed E-state index contributed by atoms with van der Waals surface area (Å²) in [5.41, 5.74) is 0.414. The lowest BCUT2D eigenvalue weighted by Gasteiger charge is -2.18. The van der Waals surface area contributed by atoms with E-state index < -0.39 is 5.60 Å². The van der Waals surface area contributed by atoms with Crippen LogP contribution < -0.4 is 14.8 Å². The molecule has 4 nitrogen and oxygen atoms in total. The summed E-state index contributed by atoms with van der Waals surface area (Å²) in [6, 6.07) is 5.99. The van der Waals surface area contributed by atoms with Crippen LogP contribution in [-0.4, -0.2) is 30.5 Å². The molecule has 1 aromatic carbocycles. The largest absolute Gasteiger partial charge is 0.490 e. The van der Waals surface area contributed by atoms with Gasteiger partial charge in [0, 0.05) is 13.1 Å². The SMILES string of the molecule is CCCCOc1ccc(CNCC(C)(C)O)cc1OCC. The molecule has 0 fully saturated rings. The zero-order valence-corrected chi connectivity index (χ0v) is 13.7. The van der Waals surface area contributed by atoms with Crippen molar-refractivity contribution in [3.05, 3.63) is 23.8 Å². The summed E-state index contributed by atoms with van der Waals surface area (Å²) in [6.07, 6.45) is 2.16. The Morgan fingerprint density at radius 2 is 1.90 bits per heavy atom. The maximum Gasteiger partial charge on any atom is 0.161 e. The molecule has 0 radical (unpaired) electrons. The van der Waals surface area contributed by atoms with E-state index in [-0.39, 0.29) is 0 Å². The van der Waals surface area contributed by atoms with Crippen LogP contribution in [0.15, 0.2) is 18.2 Å². The van der Waals surface area contributed by atoms with Gasteiger partial charge in [-0.3, -0.25) is 0 Å². The summed E-state index contributed by atoms with van der Waals surface area (Å²) in [6.45, 7) is 10.3. The van der Waals surface area contributed by atoms with Crippen LogP contribution in [0.25, 0.3) is 0 Å². The topological polar surface area (TPSA) is 50.7 Å². The van der Waals surface area contributed by atoms with Crippen LogP contribution >= 0.6 is 0 Å². The van der Waals surface area contributed by atoms with Crippen molar-refractivity contribution in [3.8, 4) is 11.5 Å². The second-order valence-corrected chi connectivity index (χ2v) is 5.83. The quantitative estimate of drug-likeness (QED) is 0.651. The Bertz CT molecular complexity index is 413. The monoisotopic (exact) mass is 295 g/mol. The predicted molar refractivity (Wildman–Crippen MR) is 86.0 cm³/mol. The number of hydrogen-bond donors (Lipinski definition) is 2. The second-order valence-electron chi connectivity index (χ2n) is 5.83. The Hall–Kier alpha value is -1.26.